The van der Waals surface area contributed by atoms with Gasteiger partial charge in [-0.25, -0.2) is 4.79 Å². The highest BCUT2D eigenvalue weighted by atomic mass is 31.1. The van der Waals surface area contributed by atoms with Crippen LogP contribution in [0.5, 0.6) is 0 Å². The van der Waals surface area contributed by atoms with Gasteiger partial charge in [0.05, 0.1) is 15.4 Å². The molecule has 0 saturated heterocycles. The number of unbranched alkanes of at least 4 members (excludes halogenated alkanes) is 3. The van der Waals surface area contributed by atoms with Crippen LogP contribution in [0.3, 0.4) is 0 Å². The first-order valence-electron chi connectivity index (χ1n) is 6.40. The Hall–Kier alpha value is -1.42. The van der Waals surface area contributed by atoms with Crippen molar-refractivity contribution in [2.75, 3.05) is 12.8 Å². The van der Waals surface area contributed by atoms with E-state index < -0.39 is 18.4 Å². The lowest BCUT2D eigenvalue weighted by Gasteiger charge is -2.04. The zero-order chi connectivity index (χ0) is 15.4. The number of ether oxygens (including phenoxy) is 1. The summed E-state index contributed by atoms with van der Waals surface area (Å²) < 4.78 is 9.71. The van der Waals surface area contributed by atoms with Crippen LogP contribution in [0.15, 0.2) is 12.2 Å². The summed E-state index contributed by atoms with van der Waals surface area (Å²) in [5, 5.41) is 8.34. The van der Waals surface area contributed by atoms with Crippen molar-refractivity contribution in [3.05, 3.63) is 12.2 Å². The summed E-state index contributed by atoms with van der Waals surface area (Å²) in [6.07, 6.45) is 3.72. The first-order valence-corrected chi connectivity index (χ1v) is 7.52. The van der Waals surface area contributed by atoms with E-state index in [1.165, 1.54) is 0 Å². The van der Waals surface area contributed by atoms with Crippen molar-refractivity contribution in [2.24, 2.45) is 0 Å². The van der Waals surface area contributed by atoms with Crippen molar-refractivity contribution in [1.82, 2.24) is 0 Å². The van der Waals surface area contributed by atoms with E-state index in [-0.39, 0.29) is 14.8 Å². The third kappa shape index (κ3) is 11.7. The lowest BCUT2D eigenvalue weighted by Crippen LogP contribution is -2.06. The topological polar surface area (TPSA) is 89.9 Å². The summed E-state index contributed by atoms with van der Waals surface area (Å²) in [5.74, 6) is -2.23. The monoisotopic (exact) mass is 304 g/mol. The van der Waals surface area contributed by atoms with Crippen molar-refractivity contribution >= 4 is 26.7 Å². The number of hydrogen-bond donors (Lipinski definition) is 1. The molecule has 7 heteroatoms. The van der Waals surface area contributed by atoms with Crippen LogP contribution < -0.4 is 0 Å². The summed E-state index contributed by atoms with van der Waals surface area (Å²) in [5.41, 5.74) is 0.398. The smallest absolute Gasteiger partial charge is 0.333 e. The van der Waals surface area contributed by atoms with E-state index >= 15 is 0 Å². The second-order valence-corrected chi connectivity index (χ2v) is 5.26. The van der Waals surface area contributed by atoms with Gasteiger partial charge in [-0.15, -0.1) is 0 Å². The Morgan fingerprint density at radius 1 is 1.15 bits per heavy atom. The molecule has 1 atom stereocenters. The third-order valence-electron chi connectivity index (χ3n) is 2.24. The van der Waals surface area contributed by atoms with Gasteiger partial charge in [-0.05, 0) is 19.8 Å². The summed E-state index contributed by atoms with van der Waals surface area (Å²) in [6, 6.07) is 0. The third-order valence-corrected chi connectivity index (χ3v) is 3.17. The van der Waals surface area contributed by atoms with Gasteiger partial charge in [0.2, 0.25) is 0 Å². The Kier molecular flexibility index (Phi) is 10.6. The Morgan fingerprint density at radius 3 is 2.40 bits per heavy atom. The number of carboxylic acid groups (broad SMARTS) is 1. The van der Waals surface area contributed by atoms with Gasteiger partial charge in [-0.1, -0.05) is 19.4 Å². The molecule has 0 amide bonds. The maximum atomic E-state index is 11.0. The lowest BCUT2D eigenvalue weighted by molar-refractivity contribution is -0.145. The Bertz CT molecular complexity index is 353. The predicted molar refractivity (Wildman–Crippen MR) is 75.8 cm³/mol. The van der Waals surface area contributed by atoms with Crippen LogP contribution in [0, 0.1) is 0 Å². The fraction of sp³-hybridized carbons (Fsp3) is 0.615. The van der Waals surface area contributed by atoms with Gasteiger partial charge >= 0.3 is 17.9 Å². The van der Waals surface area contributed by atoms with E-state index in [2.05, 4.69) is 6.58 Å². The standard InChI is InChI=1S/C13H21O6P/c1-10(2)13(17)18-7-5-3-4-6-8-20-19-12(16)9-11(14)15/h20H,1,3-9H2,2H3,(H,14,15). The number of rotatable bonds is 11. The molecule has 0 aliphatic rings. The molecule has 0 spiro atoms. The first-order chi connectivity index (χ1) is 9.43. The molecular weight excluding hydrogens is 283 g/mol. The molecule has 0 aliphatic carbocycles. The van der Waals surface area contributed by atoms with Crippen molar-refractivity contribution in [3.8, 4) is 0 Å². The number of carboxylic acids is 1. The normalized spacial score (nSPS) is 10.4. The van der Waals surface area contributed by atoms with E-state index in [9.17, 15) is 14.4 Å². The molecule has 1 N–H and O–H groups in total. The largest absolute Gasteiger partial charge is 0.481 e. The van der Waals surface area contributed by atoms with Crippen LogP contribution >= 0.6 is 8.81 Å². The highest BCUT2D eigenvalue weighted by Crippen LogP contribution is 2.16. The molecule has 0 aromatic carbocycles. The number of esters is 1. The van der Waals surface area contributed by atoms with E-state index in [1.54, 1.807) is 6.92 Å². The van der Waals surface area contributed by atoms with Crippen molar-refractivity contribution in [3.63, 3.8) is 0 Å². The Morgan fingerprint density at radius 2 is 1.80 bits per heavy atom. The van der Waals surface area contributed by atoms with Crippen LogP contribution in [0.1, 0.15) is 39.0 Å². The Balaban J connectivity index is 3.29. The second kappa shape index (κ2) is 11.4. The number of carbonyl (C=O) groups excluding carboxylic acids is 2. The van der Waals surface area contributed by atoms with Gasteiger partial charge < -0.3 is 14.4 Å². The number of hydrogen-bond acceptors (Lipinski definition) is 5. The van der Waals surface area contributed by atoms with Crippen LogP contribution in [-0.4, -0.2) is 35.8 Å². The average Bonchev–Trinajstić information content (AvgIpc) is 2.35. The molecule has 0 bridgehead atoms. The first kappa shape index (κ1) is 18.6. The summed E-state index contributed by atoms with van der Waals surface area (Å²) in [4.78, 5) is 32.1. The summed E-state index contributed by atoms with van der Waals surface area (Å²) in [6.45, 7) is 5.48. The molecule has 0 rings (SSSR count). The maximum absolute atomic E-state index is 11.0. The molecule has 1 unspecified atom stereocenters. The molecule has 0 radical (unpaired) electrons. The van der Waals surface area contributed by atoms with Crippen molar-refractivity contribution in [1.29, 1.82) is 0 Å². The fourth-order valence-corrected chi connectivity index (χ4v) is 1.96. The minimum absolute atomic E-state index is 0.00701. The van der Waals surface area contributed by atoms with Gasteiger partial charge in [0.25, 0.3) is 0 Å². The summed E-state index contributed by atoms with van der Waals surface area (Å²) >= 11 is 0. The van der Waals surface area contributed by atoms with E-state index in [0.717, 1.165) is 31.8 Å². The molecule has 0 aromatic heterocycles. The van der Waals surface area contributed by atoms with Gasteiger partial charge in [-0.3, -0.25) is 9.59 Å². The zero-order valence-corrected chi connectivity index (χ0v) is 12.6. The van der Waals surface area contributed by atoms with Gasteiger partial charge in [0, 0.05) is 11.7 Å². The SMILES string of the molecule is C=C(C)C(=O)OCCCCCCPOC(=O)CC(=O)O. The zero-order valence-electron chi connectivity index (χ0n) is 11.6. The molecule has 20 heavy (non-hydrogen) atoms. The summed E-state index contributed by atoms with van der Waals surface area (Å²) in [7, 11) is 0.00701. The van der Waals surface area contributed by atoms with Gasteiger partial charge in [0.1, 0.15) is 6.42 Å². The number of carbonyl (C=O) groups is 3. The van der Waals surface area contributed by atoms with Crippen molar-refractivity contribution < 1.29 is 28.8 Å². The van der Waals surface area contributed by atoms with E-state index in [0.29, 0.717) is 12.2 Å². The molecule has 0 heterocycles. The number of aliphatic carboxylic acids is 1. The van der Waals surface area contributed by atoms with Crippen LogP contribution in [0.25, 0.3) is 0 Å². The molecule has 0 aromatic rings. The molecule has 114 valence electrons. The van der Waals surface area contributed by atoms with Crippen LogP contribution in [0.2, 0.25) is 0 Å². The maximum Gasteiger partial charge on any atom is 0.333 e. The predicted octanol–water partition coefficient (Wildman–Crippen LogP) is 2.28. The second-order valence-electron chi connectivity index (χ2n) is 4.27. The fourth-order valence-electron chi connectivity index (χ4n) is 1.23. The minimum Gasteiger partial charge on any atom is -0.481 e. The lowest BCUT2D eigenvalue weighted by atomic mass is 10.2. The van der Waals surface area contributed by atoms with E-state index in [4.69, 9.17) is 14.4 Å². The van der Waals surface area contributed by atoms with Crippen molar-refractivity contribution in [2.45, 2.75) is 39.0 Å². The minimum atomic E-state index is -1.18. The average molecular weight is 304 g/mol. The van der Waals surface area contributed by atoms with Crippen LogP contribution in [-0.2, 0) is 23.6 Å². The van der Waals surface area contributed by atoms with Crippen LogP contribution in [0.4, 0.5) is 0 Å². The van der Waals surface area contributed by atoms with E-state index in [1.807, 2.05) is 0 Å². The van der Waals surface area contributed by atoms with Gasteiger partial charge in [0.15, 0.2) is 0 Å². The Labute approximate surface area is 120 Å². The molecule has 6 nitrogen and oxygen atoms in total. The molecular formula is C13H21O6P. The molecule has 0 aliphatic heterocycles. The highest BCUT2D eigenvalue weighted by Gasteiger charge is 2.08. The quantitative estimate of drug-likeness (QED) is 0.207. The molecule has 0 fully saturated rings. The van der Waals surface area contributed by atoms with Gasteiger partial charge in [-0.2, -0.15) is 0 Å². The highest BCUT2D eigenvalue weighted by molar-refractivity contribution is 7.32. The molecule has 0 saturated carbocycles.